The molecule has 1 fully saturated rings. The molecule has 0 bridgehead atoms. The van der Waals surface area contributed by atoms with Crippen LogP contribution < -0.4 is 11.5 Å². The quantitative estimate of drug-likeness (QED) is 0.799. The summed E-state index contributed by atoms with van der Waals surface area (Å²) in [6.07, 6.45) is 2.43. The fourth-order valence-electron chi connectivity index (χ4n) is 2.60. The van der Waals surface area contributed by atoms with Crippen LogP contribution in [0.25, 0.3) is 0 Å². The van der Waals surface area contributed by atoms with Crippen LogP contribution in [0.4, 0.5) is 0 Å². The van der Waals surface area contributed by atoms with Crippen molar-refractivity contribution in [3.8, 4) is 0 Å². The van der Waals surface area contributed by atoms with Crippen LogP contribution in [0.15, 0.2) is 0 Å². The van der Waals surface area contributed by atoms with Crippen LogP contribution in [-0.2, 0) is 4.79 Å². The molecular formula is C14H29N3O. The molecular weight excluding hydrogens is 226 g/mol. The number of rotatable bonds is 4. The molecule has 0 spiro atoms. The number of nitrogens with zero attached hydrogens (tertiary/aromatic N) is 1. The lowest BCUT2D eigenvalue weighted by Gasteiger charge is -2.45. The third-order valence-electron chi connectivity index (χ3n) is 3.66. The van der Waals surface area contributed by atoms with E-state index in [1.54, 1.807) is 0 Å². The lowest BCUT2D eigenvalue weighted by Crippen LogP contribution is -2.61. The van der Waals surface area contributed by atoms with Crippen LogP contribution in [0.3, 0.4) is 0 Å². The van der Waals surface area contributed by atoms with Gasteiger partial charge in [0.15, 0.2) is 0 Å². The fourth-order valence-corrected chi connectivity index (χ4v) is 2.60. The molecule has 2 unspecified atom stereocenters. The average molecular weight is 255 g/mol. The van der Waals surface area contributed by atoms with E-state index in [2.05, 4.69) is 6.92 Å². The summed E-state index contributed by atoms with van der Waals surface area (Å²) in [7, 11) is 0. The van der Waals surface area contributed by atoms with Gasteiger partial charge in [0.25, 0.3) is 0 Å². The number of nitrogens with two attached hydrogens (primary N) is 2. The van der Waals surface area contributed by atoms with E-state index in [1.165, 1.54) is 0 Å². The van der Waals surface area contributed by atoms with E-state index < -0.39 is 5.54 Å². The first-order valence-corrected chi connectivity index (χ1v) is 6.88. The van der Waals surface area contributed by atoms with Gasteiger partial charge in [0.2, 0.25) is 5.91 Å². The predicted molar refractivity (Wildman–Crippen MR) is 75.0 cm³/mol. The molecule has 0 aliphatic carbocycles. The smallest absolute Gasteiger partial charge is 0.223 e. The van der Waals surface area contributed by atoms with Gasteiger partial charge in [-0.3, -0.25) is 4.79 Å². The summed E-state index contributed by atoms with van der Waals surface area (Å²) in [6.45, 7) is 10.9. The molecule has 1 saturated heterocycles. The first-order valence-electron chi connectivity index (χ1n) is 6.88. The van der Waals surface area contributed by atoms with E-state index in [1.807, 2.05) is 32.6 Å². The van der Waals surface area contributed by atoms with Crippen molar-refractivity contribution in [1.29, 1.82) is 0 Å². The Morgan fingerprint density at radius 1 is 1.33 bits per heavy atom. The largest absolute Gasteiger partial charge is 0.338 e. The van der Waals surface area contributed by atoms with Crippen molar-refractivity contribution in [2.45, 2.75) is 71.0 Å². The van der Waals surface area contributed by atoms with Crippen molar-refractivity contribution in [3.63, 3.8) is 0 Å². The van der Waals surface area contributed by atoms with Crippen LogP contribution >= 0.6 is 0 Å². The highest BCUT2D eigenvalue weighted by Crippen LogP contribution is 2.27. The maximum absolute atomic E-state index is 12.2. The lowest BCUT2D eigenvalue weighted by atomic mass is 9.82. The second kappa shape index (κ2) is 5.17. The number of piperidine rings is 1. The van der Waals surface area contributed by atoms with Gasteiger partial charge in [-0.25, -0.2) is 0 Å². The number of likely N-dealkylation sites (tertiary alicyclic amines) is 1. The van der Waals surface area contributed by atoms with Crippen molar-refractivity contribution in [2.75, 3.05) is 6.54 Å². The number of hydrogen-bond donors (Lipinski definition) is 2. The van der Waals surface area contributed by atoms with Crippen molar-refractivity contribution < 1.29 is 4.79 Å². The Balaban J connectivity index is 2.87. The summed E-state index contributed by atoms with van der Waals surface area (Å²) < 4.78 is 0. The third kappa shape index (κ3) is 4.25. The summed E-state index contributed by atoms with van der Waals surface area (Å²) >= 11 is 0. The third-order valence-corrected chi connectivity index (χ3v) is 3.66. The van der Waals surface area contributed by atoms with E-state index in [-0.39, 0.29) is 17.5 Å². The normalized spacial score (nSPS) is 24.3. The Kier molecular flexibility index (Phi) is 4.44. The van der Waals surface area contributed by atoms with Gasteiger partial charge < -0.3 is 16.4 Å². The molecule has 0 aromatic heterocycles. The minimum atomic E-state index is -0.424. The maximum Gasteiger partial charge on any atom is 0.223 e. The summed E-state index contributed by atoms with van der Waals surface area (Å²) in [6, 6.07) is 0.0116. The van der Waals surface area contributed by atoms with Gasteiger partial charge in [-0.05, 0) is 46.5 Å². The molecule has 4 heteroatoms. The van der Waals surface area contributed by atoms with Gasteiger partial charge in [-0.1, -0.05) is 6.92 Å². The predicted octanol–water partition coefficient (Wildman–Crippen LogP) is 1.48. The summed E-state index contributed by atoms with van der Waals surface area (Å²) in [5, 5.41) is 0. The Labute approximate surface area is 111 Å². The Bertz CT molecular complexity index is 301. The minimum Gasteiger partial charge on any atom is -0.338 e. The lowest BCUT2D eigenvalue weighted by molar-refractivity contribution is -0.139. The summed E-state index contributed by atoms with van der Waals surface area (Å²) in [5.74, 6) is 0.711. The molecule has 1 heterocycles. The highest BCUT2D eigenvalue weighted by Gasteiger charge is 2.38. The molecule has 0 aromatic rings. The van der Waals surface area contributed by atoms with E-state index >= 15 is 0 Å². The zero-order valence-electron chi connectivity index (χ0n) is 12.5. The van der Waals surface area contributed by atoms with Gasteiger partial charge in [0.1, 0.15) is 0 Å². The van der Waals surface area contributed by atoms with Gasteiger partial charge in [-0.15, -0.1) is 0 Å². The first-order chi connectivity index (χ1) is 8.00. The molecule has 18 heavy (non-hydrogen) atoms. The molecule has 4 N–H and O–H groups in total. The van der Waals surface area contributed by atoms with E-state index in [4.69, 9.17) is 11.5 Å². The van der Waals surface area contributed by atoms with Crippen LogP contribution in [-0.4, -0.2) is 34.5 Å². The van der Waals surface area contributed by atoms with Crippen LogP contribution in [0.2, 0.25) is 0 Å². The molecule has 0 saturated carbocycles. The highest BCUT2D eigenvalue weighted by atomic mass is 16.2. The van der Waals surface area contributed by atoms with Crippen molar-refractivity contribution >= 4 is 5.91 Å². The van der Waals surface area contributed by atoms with E-state index in [0.717, 1.165) is 19.4 Å². The molecule has 1 aliphatic heterocycles. The summed E-state index contributed by atoms with van der Waals surface area (Å²) in [4.78, 5) is 14.2. The molecule has 1 aliphatic rings. The van der Waals surface area contributed by atoms with Gasteiger partial charge in [0, 0.05) is 24.0 Å². The minimum absolute atomic E-state index is 0.0116. The number of amides is 1. The van der Waals surface area contributed by atoms with Gasteiger partial charge >= 0.3 is 0 Å². The number of carbonyl (C=O) groups is 1. The zero-order valence-corrected chi connectivity index (χ0v) is 12.5. The Morgan fingerprint density at radius 3 is 2.28 bits per heavy atom. The monoisotopic (exact) mass is 255 g/mol. The number of hydrogen-bond acceptors (Lipinski definition) is 3. The standard InChI is InChI=1S/C14H29N3O/c1-10-6-7-17(12(18)8-10)11(14(4,5)16)9-13(2,3)15/h10-11H,6-9,15-16H2,1-5H3. The van der Waals surface area contributed by atoms with Crippen molar-refractivity contribution in [2.24, 2.45) is 17.4 Å². The van der Waals surface area contributed by atoms with Gasteiger partial charge in [0.05, 0.1) is 6.04 Å². The highest BCUT2D eigenvalue weighted by molar-refractivity contribution is 5.77. The van der Waals surface area contributed by atoms with Crippen molar-refractivity contribution in [3.05, 3.63) is 0 Å². The van der Waals surface area contributed by atoms with Crippen LogP contribution in [0.5, 0.6) is 0 Å². The molecule has 1 amide bonds. The maximum atomic E-state index is 12.2. The topological polar surface area (TPSA) is 72.3 Å². The van der Waals surface area contributed by atoms with Gasteiger partial charge in [-0.2, -0.15) is 0 Å². The van der Waals surface area contributed by atoms with E-state index in [0.29, 0.717) is 12.3 Å². The first kappa shape index (κ1) is 15.4. The van der Waals surface area contributed by atoms with Crippen molar-refractivity contribution in [1.82, 2.24) is 4.90 Å². The van der Waals surface area contributed by atoms with Crippen LogP contribution in [0.1, 0.15) is 53.9 Å². The SMILES string of the molecule is CC1CCN(C(CC(C)(C)N)C(C)(C)N)C(=O)C1. The fraction of sp³-hybridized carbons (Fsp3) is 0.929. The molecule has 0 aromatic carbocycles. The Morgan fingerprint density at radius 2 is 1.89 bits per heavy atom. The Hall–Kier alpha value is -0.610. The number of carbonyl (C=O) groups excluding carboxylic acids is 1. The zero-order chi connectivity index (χ0) is 14.1. The molecule has 2 atom stereocenters. The summed E-state index contributed by atoms with van der Waals surface area (Å²) in [5.41, 5.74) is 11.6. The van der Waals surface area contributed by atoms with E-state index in [9.17, 15) is 4.79 Å². The molecule has 106 valence electrons. The molecule has 4 nitrogen and oxygen atoms in total. The molecule has 1 rings (SSSR count). The van der Waals surface area contributed by atoms with Crippen LogP contribution in [0, 0.1) is 5.92 Å². The second-order valence-corrected chi connectivity index (χ2v) is 7.21. The molecule has 0 radical (unpaired) electrons. The second-order valence-electron chi connectivity index (χ2n) is 7.21. The average Bonchev–Trinajstić information content (AvgIpc) is 2.11.